The van der Waals surface area contributed by atoms with E-state index in [1.165, 1.54) is 10.2 Å². The molecule has 0 saturated heterocycles. The van der Waals surface area contributed by atoms with Crippen molar-refractivity contribution in [2.24, 2.45) is 0 Å². The molecule has 8 heteroatoms. The third-order valence-corrected chi connectivity index (χ3v) is 6.79. The predicted molar refractivity (Wildman–Crippen MR) is 92.1 cm³/mol. The Hall–Kier alpha value is -1.70. The molecule has 0 spiro atoms. The normalized spacial score (nSPS) is 12.0. The first-order chi connectivity index (χ1) is 10.8. The summed E-state index contributed by atoms with van der Waals surface area (Å²) in [5, 5.41) is 0.865. The van der Waals surface area contributed by atoms with Gasteiger partial charge in [0.05, 0.1) is 16.2 Å². The zero-order valence-electron chi connectivity index (χ0n) is 12.4. The number of halogens is 1. The number of nitrogens with zero attached hydrogens (tertiary/aromatic N) is 2. The molecule has 0 amide bonds. The molecule has 3 heterocycles. The van der Waals surface area contributed by atoms with Crippen LogP contribution in [-0.4, -0.2) is 28.9 Å². The van der Waals surface area contributed by atoms with E-state index in [-0.39, 0.29) is 16.7 Å². The van der Waals surface area contributed by atoms with E-state index in [0.29, 0.717) is 21.0 Å². The molecular formula is C15H13ClN2O3S2. The van der Waals surface area contributed by atoms with Gasteiger partial charge in [0.2, 0.25) is 15.8 Å². The first-order valence-electron chi connectivity index (χ1n) is 6.85. The number of aromatic nitrogens is 2. The van der Waals surface area contributed by atoms with Gasteiger partial charge >= 0.3 is 0 Å². The van der Waals surface area contributed by atoms with Gasteiger partial charge in [0, 0.05) is 17.3 Å². The van der Waals surface area contributed by atoms with Gasteiger partial charge in [-0.05, 0) is 38.1 Å². The number of aryl methyl sites for hydroxylation is 1. The van der Waals surface area contributed by atoms with Crippen molar-refractivity contribution in [1.29, 1.82) is 0 Å². The Kier molecular flexibility index (Phi) is 4.03. The van der Waals surface area contributed by atoms with E-state index < -0.39 is 10.0 Å². The SMILES string of the molecule is CCS(=O)(=O)n1c(C)cc2cc(C(=O)c3cccnc3Cl)sc21. The van der Waals surface area contributed by atoms with Crippen molar-refractivity contribution in [1.82, 2.24) is 8.96 Å². The number of pyridine rings is 1. The second kappa shape index (κ2) is 5.74. The van der Waals surface area contributed by atoms with Gasteiger partial charge in [-0.2, -0.15) is 0 Å². The lowest BCUT2D eigenvalue weighted by molar-refractivity contribution is 0.104. The minimum atomic E-state index is -3.42. The highest BCUT2D eigenvalue weighted by Crippen LogP contribution is 2.32. The second-order valence-corrected chi connectivity index (χ2v) is 8.49. The van der Waals surface area contributed by atoms with Gasteiger partial charge in [0.25, 0.3) is 0 Å². The highest BCUT2D eigenvalue weighted by Gasteiger charge is 2.22. The van der Waals surface area contributed by atoms with E-state index >= 15 is 0 Å². The molecule has 0 fully saturated rings. The van der Waals surface area contributed by atoms with E-state index in [0.717, 1.165) is 16.7 Å². The highest BCUT2D eigenvalue weighted by molar-refractivity contribution is 7.90. The maximum Gasteiger partial charge on any atom is 0.239 e. The summed E-state index contributed by atoms with van der Waals surface area (Å²) in [4.78, 5) is 17.5. The smallest absolute Gasteiger partial charge is 0.239 e. The van der Waals surface area contributed by atoms with Crippen molar-refractivity contribution in [2.75, 3.05) is 5.75 Å². The van der Waals surface area contributed by atoms with Gasteiger partial charge < -0.3 is 0 Å². The van der Waals surface area contributed by atoms with E-state index in [1.54, 1.807) is 38.1 Å². The molecule has 0 N–H and O–H groups in total. The van der Waals surface area contributed by atoms with Crippen molar-refractivity contribution in [3.05, 3.63) is 51.7 Å². The lowest BCUT2D eigenvalue weighted by Gasteiger charge is -2.06. The average molecular weight is 369 g/mol. The van der Waals surface area contributed by atoms with Crippen LogP contribution in [-0.2, 0) is 10.0 Å². The molecule has 0 unspecified atom stereocenters. The van der Waals surface area contributed by atoms with Crippen LogP contribution >= 0.6 is 22.9 Å². The van der Waals surface area contributed by atoms with Gasteiger partial charge in [0.15, 0.2) is 0 Å². The van der Waals surface area contributed by atoms with Crippen molar-refractivity contribution < 1.29 is 13.2 Å². The largest absolute Gasteiger partial charge is 0.288 e. The number of rotatable bonds is 4. The molecule has 23 heavy (non-hydrogen) atoms. The number of ketones is 1. The van der Waals surface area contributed by atoms with Crippen molar-refractivity contribution >= 4 is 49.0 Å². The number of fused-ring (bicyclic) bond motifs is 1. The van der Waals surface area contributed by atoms with Crippen LogP contribution in [0.2, 0.25) is 5.15 Å². The molecule has 0 aromatic carbocycles. The summed E-state index contributed by atoms with van der Waals surface area (Å²) in [5.41, 5.74) is 0.936. The fourth-order valence-corrected chi connectivity index (χ4v) is 5.20. The molecule has 3 aromatic rings. The first-order valence-corrected chi connectivity index (χ1v) is 9.66. The van der Waals surface area contributed by atoms with Gasteiger partial charge in [0.1, 0.15) is 9.98 Å². The molecule has 0 aliphatic rings. The number of thiophene rings is 1. The molecule has 0 aliphatic carbocycles. The van der Waals surface area contributed by atoms with Crippen LogP contribution in [0, 0.1) is 6.92 Å². The van der Waals surface area contributed by atoms with Gasteiger partial charge in [-0.15, -0.1) is 11.3 Å². The standard InChI is InChI=1S/C15H13ClN2O3S2/c1-3-23(20,21)18-9(2)7-10-8-12(22-15(10)18)13(19)11-5-4-6-17-14(11)16/h4-8H,3H2,1-2H3. The number of carbonyl (C=O) groups excluding carboxylic acids is 1. The van der Waals surface area contributed by atoms with Gasteiger partial charge in [-0.25, -0.2) is 17.4 Å². The summed E-state index contributed by atoms with van der Waals surface area (Å²) in [6, 6.07) is 6.70. The number of hydrogen-bond acceptors (Lipinski definition) is 5. The number of hydrogen-bond donors (Lipinski definition) is 0. The summed E-state index contributed by atoms with van der Waals surface area (Å²) in [7, 11) is -3.42. The number of carbonyl (C=O) groups is 1. The first kappa shape index (κ1) is 16.2. The summed E-state index contributed by atoms with van der Waals surface area (Å²) >= 11 is 7.11. The molecule has 0 bridgehead atoms. The highest BCUT2D eigenvalue weighted by atomic mass is 35.5. The van der Waals surface area contributed by atoms with Gasteiger partial charge in [-0.3, -0.25) is 4.79 Å². The summed E-state index contributed by atoms with van der Waals surface area (Å²) < 4.78 is 25.8. The molecular weight excluding hydrogens is 356 g/mol. The lowest BCUT2D eigenvalue weighted by Crippen LogP contribution is -2.15. The fraction of sp³-hybridized carbons (Fsp3) is 0.200. The minimum absolute atomic E-state index is 0.00671. The van der Waals surface area contributed by atoms with Crippen LogP contribution in [0.15, 0.2) is 30.5 Å². The maximum atomic E-state index is 12.6. The summed E-state index contributed by atoms with van der Waals surface area (Å²) in [5.74, 6) is -0.268. The molecule has 3 aromatic heterocycles. The third-order valence-electron chi connectivity index (χ3n) is 3.48. The molecule has 0 atom stereocenters. The Labute approximate surface area is 142 Å². The summed E-state index contributed by atoms with van der Waals surface area (Å²) in [6.45, 7) is 3.33. The van der Waals surface area contributed by atoms with E-state index in [1.807, 2.05) is 0 Å². The van der Waals surface area contributed by atoms with Crippen LogP contribution in [0.25, 0.3) is 10.2 Å². The third kappa shape index (κ3) is 2.69. The van der Waals surface area contributed by atoms with Crippen LogP contribution in [0.4, 0.5) is 0 Å². The van der Waals surface area contributed by atoms with Crippen molar-refractivity contribution in [3.63, 3.8) is 0 Å². The Morgan fingerprint density at radius 2 is 2.13 bits per heavy atom. The fourth-order valence-electron chi connectivity index (χ4n) is 2.38. The van der Waals surface area contributed by atoms with Crippen LogP contribution in [0.1, 0.15) is 27.9 Å². The zero-order chi connectivity index (χ0) is 16.8. The maximum absolute atomic E-state index is 12.6. The summed E-state index contributed by atoms with van der Waals surface area (Å²) in [6.07, 6.45) is 1.51. The van der Waals surface area contributed by atoms with E-state index in [2.05, 4.69) is 4.98 Å². The monoisotopic (exact) mass is 368 g/mol. The molecule has 5 nitrogen and oxygen atoms in total. The Bertz CT molecular complexity index is 1020. The molecule has 0 radical (unpaired) electrons. The quantitative estimate of drug-likeness (QED) is 0.522. The second-order valence-electron chi connectivity index (χ2n) is 4.99. The van der Waals surface area contributed by atoms with Crippen LogP contribution in [0.5, 0.6) is 0 Å². The van der Waals surface area contributed by atoms with E-state index in [4.69, 9.17) is 11.6 Å². The Morgan fingerprint density at radius 1 is 1.39 bits per heavy atom. The van der Waals surface area contributed by atoms with Gasteiger partial charge in [-0.1, -0.05) is 11.6 Å². The topological polar surface area (TPSA) is 69.0 Å². The Morgan fingerprint density at radius 3 is 2.78 bits per heavy atom. The molecule has 120 valence electrons. The van der Waals surface area contributed by atoms with Crippen LogP contribution < -0.4 is 0 Å². The minimum Gasteiger partial charge on any atom is -0.288 e. The molecule has 3 rings (SSSR count). The molecule has 0 aliphatic heterocycles. The van der Waals surface area contributed by atoms with Crippen molar-refractivity contribution in [2.45, 2.75) is 13.8 Å². The zero-order valence-corrected chi connectivity index (χ0v) is 14.8. The van der Waals surface area contributed by atoms with Crippen LogP contribution in [0.3, 0.4) is 0 Å². The molecule has 0 saturated carbocycles. The predicted octanol–water partition coefficient (Wildman–Crippen LogP) is 3.49. The Balaban J connectivity index is 2.16. The van der Waals surface area contributed by atoms with E-state index in [9.17, 15) is 13.2 Å². The average Bonchev–Trinajstić information content (AvgIpc) is 3.03. The van der Waals surface area contributed by atoms with Crippen molar-refractivity contribution in [3.8, 4) is 0 Å². The lowest BCUT2D eigenvalue weighted by atomic mass is 10.1.